The minimum absolute atomic E-state index is 0.179. The lowest BCUT2D eigenvalue weighted by Crippen LogP contribution is -2.61. The van der Waals surface area contributed by atoms with Gasteiger partial charge in [0.25, 0.3) is 0 Å². The fourth-order valence-electron chi connectivity index (χ4n) is 2.93. The number of carbonyl (C=O) groups excluding carboxylic acids is 1. The highest BCUT2D eigenvalue weighted by molar-refractivity contribution is 5.75. The number of hydroxylamine groups is 2. The number of aliphatic hydroxyl groups is 1. The van der Waals surface area contributed by atoms with Crippen molar-refractivity contribution in [1.82, 2.24) is 5.06 Å². The van der Waals surface area contributed by atoms with E-state index in [0.717, 1.165) is 19.3 Å². The van der Waals surface area contributed by atoms with E-state index in [4.69, 9.17) is 9.57 Å². The Balaban J connectivity index is 2.92. The molecule has 0 radical (unpaired) electrons. The molecular formula is C15H29NO4. The quantitative estimate of drug-likeness (QED) is 0.786. The van der Waals surface area contributed by atoms with Gasteiger partial charge in [0.1, 0.15) is 0 Å². The number of esters is 1. The van der Waals surface area contributed by atoms with Crippen LogP contribution in [0.5, 0.6) is 0 Å². The third-order valence-electron chi connectivity index (χ3n) is 3.85. The lowest BCUT2D eigenvalue weighted by atomic mass is 9.82. The zero-order chi connectivity index (χ0) is 15.6. The van der Waals surface area contributed by atoms with Crippen molar-refractivity contribution in [2.24, 2.45) is 0 Å². The Morgan fingerprint density at radius 3 is 2.15 bits per heavy atom. The first-order chi connectivity index (χ1) is 9.12. The number of nitrogens with zero attached hydrogens (tertiary/aromatic N) is 1. The summed E-state index contributed by atoms with van der Waals surface area (Å²) in [5.41, 5.74) is -0.358. The van der Waals surface area contributed by atoms with E-state index < -0.39 is 18.2 Å². The summed E-state index contributed by atoms with van der Waals surface area (Å²) < 4.78 is 4.99. The lowest BCUT2D eigenvalue weighted by molar-refractivity contribution is -0.312. The van der Waals surface area contributed by atoms with E-state index >= 15 is 0 Å². The first-order valence-corrected chi connectivity index (χ1v) is 7.43. The number of aliphatic hydroxyl groups excluding tert-OH is 1. The highest BCUT2D eigenvalue weighted by Gasteiger charge is 2.45. The normalized spacial score (nSPS) is 24.9. The van der Waals surface area contributed by atoms with Crippen LogP contribution in [0.25, 0.3) is 0 Å². The molecule has 0 aliphatic carbocycles. The van der Waals surface area contributed by atoms with Crippen molar-refractivity contribution in [3.8, 4) is 0 Å². The highest BCUT2D eigenvalue weighted by Crippen LogP contribution is 2.39. The molecule has 1 aliphatic heterocycles. The molecule has 1 heterocycles. The summed E-state index contributed by atoms with van der Waals surface area (Å²) in [6, 6.07) is 0. The van der Waals surface area contributed by atoms with Crippen LogP contribution in [0.1, 0.15) is 60.8 Å². The maximum atomic E-state index is 11.9. The molecule has 5 nitrogen and oxygen atoms in total. The average Bonchev–Trinajstić information content (AvgIpc) is 2.26. The van der Waals surface area contributed by atoms with Gasteiger partial charge in [0, 0.05) is 11.1 Å². The van der Waals surface area contributed by atoms with Crippen molar-refractivity contribution in [3.63, 3.8) is 0 Å². The third kappa shape index (κ3) is 3.93. The number of piperidine rings is 1. The molecule has 1 N–H and O–H groups in total. The van der Waals surface area contributed by atoms with Gasteiger partial charge >= 0.3 is 5.97 Å². The molecule has 1 fully saturated rings. The molecule has 0 aromatic rings. The first kappa shape index (κ1) is 17.4. The summed E-state index contributed by atoms with van der Waals surface area (Å²) in [6.45, 7) is 11.9. The smallest absolute Gasteiger partial charge is 0.340 e. The Kier molecular flexibility index (Phi) is 5.58. The first-order valence-electron chi connectivity index (χ1n) is 7.43. The monoisotopic (exact) mass is 287 g/mol. The fraction of sp³-hybridized carbons (Fsp3) is 0.933. The number of rotatable bonds is 5. The van der Waals surface area contributed by atoms with Crippen LogP contribution in [0, 0.1) is 0 Å². The lowest BCUT2D eigenvalue weighted by Gasteiger charge is -2.52. The Labute approximate surface area is 122 Å². The van der Waals surface area contributed by atoms with E-state index in [0.29, 0.717) is 0 Å². The van der Waals surface area contributed by atoms with Gasteiger partial charge in [-0.3, -0.25) is 4.84 Å². The Morgan fingerprint density at radius 1 is 1.25 bits per heavy atom. The summed E-state index contributed by atoms with van der Waals surface area (Å²) in [5.74, 6) is -0.514. The number of hydrogen-bond acceptors (Lipinski definition) is 5. The molecule has 5 heteroatoms. The van der Waals surface area contributed by atoms with E-state index in [1.807, 2.05) is 5.06 Å². The Morgan fingerprint density at radius 2 is 1.75 bits per heavy atom. The zero-order valence-electron chi connectivity index (χ0n) is 13.6. The summed E-state index contributed by atoms with van der Waals surface area (Å²) >= 11 is 0. The van der Waals surface area contributed by atoms with Gasteiger partial charge < -0.3 is 9.84 Å². The molecule has 118 valence electrons. The van der Waals surface area contributed by atoms with Gasteiger partial charge in [-0.1, -0.05) is 0 Å². The Bertz CT molecular complexity index is 323. The SMILES string of the molecule is CCOC(=O)C(ON1C(C)(C)CCCC1(C)C)C(C)O. The summed E-state index contributed by atoms with van der Waals surface area (Å²) in [4.78, 5) is 17.9. The van der Waals surface area contributed by atoms with Crippen molar-refractivity contribution in [1.29, 1.82) is 0 Å². The second-order valence-electron chi connectivity index (χ2n) is 6.79. The molecule has 1 saturated heterocycles. The van der Waals surface area contributed by atoms with E-state index in [9.17, 15) is 9.90 Å². The summed E-state index contributed by atoms with van der Waals surface area (Å²) in [6.07, 6.45) is 1.21. The molecule has 0 saturated carbocycles. The molecule has 0 spiro atoms. The van der Waals surface area contributed by atoms with E-state index in [-0.39, 0.29) is 17.7 Å². The zero-order valence-corrected chi connectivity index (χ0v) is 13.6. The maximum absolute atomic E-state index is 11.9. The van der Waals surface area contributed by atoms with Gasteiger partial charge in [-0.15, -0.1) is 0 Å². The van der Waals surface area contributed by atoms with Gasteiger partial charge in [0.05, 0.1) is 12.7 Å². The molecule has 1 rings (SSSR count). The van der Waals surface area contributed by atoms with Crippen molar-refractivity contribution >= 4 is 5.97 Å². The van der Waals surface area contributed by atoms with Crippen LogP contribution < -0.4 is 0 Å². The molecular weight excluding hydrogens is 258 g/mol. The highest BCUT2D eigenvalue weighted by atomic mass is 16.7. The summed E-state index contributed by atoms with van der Waals surface area (Å²) in [5, 5.41) is 11.7. The molecule has 0 amide bonds. The van der Waals surface area contributed by atoms with E-state index in [1.165, 1.54) is 0 Å². The van der Waals surface area contributed by atoms with Gasteiger partial charge in [-0.25, -0.2) is 4.79 Å². The van der Waals surface area contributed by atoms with Gasteiger partial charge in [-0.05, 0) is 60.8 Å². The predicted octanol–water partition coefficient (Wildman–Crippen LogP) is 2.27. The Hall–Kier alpha value is -0.650. The van der Waals surface area contributed by atoms with Crippen LogP contribution in [0.4, 0.5) is 0 Å². The van der Waals surface area contributed by atoms with Gasteiger partial charge in [-0.2, -0.15) is 5.06 Å². The molecule has 2 atom stereocenters. The fourth-order valence-corrected chi connectivity index (χ4v) is 2.93. The molecule has 20 heavy (non-hydrogen) atoms. The van der Waals surface area contributed by atoms with E-state index in [1.54, 1.807) is 13.8 Å². The number of ether oxygens (including phenoxy) is 1. The number of hydrogen-bond donors (Lipinski definition) is 1. The molecule has 1 aliphatic rings. The average molecular weight is 287 g/mol. The maximum Gasteiger partial charge on any atom is 0.340 e. The largest absolute Gasteiger partial charge is 0.464 e. The van der Waals surface area contributed by atoms with Crippen LogP contribution in [-0.2, 0) is 14.4 Å². The van der Waals surface area contributed by atoms with Gasteiger partial charge in [0.2, 0.25) is 6.10 Å². The molecule has 0 aromatic carbocycles. The third-order valence-corrected chi connectivity index (χ3v) is 3.85. The topological polar surface area (TPSA) is 59.0 Å². The minimum atomic E-state index is -0.980. The van der Waals surface area contributed by atoms with E-state index in [2.05, 4.69) is 27.7 Å². The van der Waals surface area contributed by atoms with Crippen LogP contribution in [0.15, 0.2) is 0 Å². The van der Waals surface area contributed by atoms with Crippen LogP contribution in [0.2, 0.25) is 0 Å². The van der Waals surface area contributed by atoms with Crippen LogP contribution in [0.3, 0.4) is 0 Å². The molecule has 0 aromatic heterocycles. The van der Waals surface area contributed by atoms with Crippen LogP contribution in [-0.4, -0.2) is 46.0 Å². The van der Waals surface area contributed by atoms with Crippen molar-refractivity contribution < 1.29 is 19.5 Å². The van der Waals surface area contributed by atoms with Gasteiger partial charge in [0.15, 0.2) is 0 Å². The molecule has 2 unspecified atom stereocenters. The van der Waals surface area contributed by atoms with Crippen molar-refractivity contribution in [2.75, 3.05) is 6.61 Å². The molecule has 0 bridgehead atoms. The van der Waals surface area contributed by atoms with Crippen molar-refractivity contribution in [2.45, 2.75) is 84.1 Å². The standard InChI is InChI=1S/C15H29NO4/c1-7-19-13(18)12(11(2)17)20-16-14(3,4)9-8-10-15(16,5)6/h11-12,17H,7-10H2,1-6H3. The second-order valence-corrected chi connectivity index (χ2v) is 6.79. The predicted molar refractivity (Wildman–Crippen MR) is 77.0 cm³/mol. The second kappa shape index (κ2) is 6.41. The summed E-state index contributed by atoms with van der Waals surface area (Å²) in [7, 11) is 0. The van der Waals surface area contributed by atoms with Crippen LogP contribution >= 0.6 is 0 Å². The number of carbonyl (C=O) groups is 1. The minimum Gasteiger partial charge on any atom is -0.464 e. The van der Waals surface area contributed by atoms with Crippen molar-refractivity contribution in [3.05, 3.63) is 0 Å².